The Morgan fingerprint density at radius 1 is 0.500 bits per heavy atom. The van der Waals surface area contributed by atoms with Crippen LogP contribution in [0.2, 0.25) is 0 Å². The summed E-state index contributed by atoms with van der Waals surface area (Å²) in [7, 11) is -8.06. The Kier molecular flexibility index (Phi) is 10.4. The van der Waals surface area contributed by atoms with Crippen LogP contribution in [0.1, 0.15) is 25.7 Å². The second-order valence-corrected chi connectivity index (χ2v) is 7.79. The van der Waals surface area contributed by atoms with Crippen molar-refractivity contribution in [1.29, 1.82) is 0 Å². The predicted octanol–water partition coefficient (Wildman–Crippen LogP) is 3.06. The largest absolute Gasteiger partial charge is 1.00 e. The van der Waals surface area contributed by atoms with E-state index in [1.807, 2.05) is 0 Å². The molecule has 0 spiro atoms. The molecule has 0 heterocycles. The van der Waals surface area contributed by atoms with Crippen molar-refractivity contribution in [1.82, 2.24) is 0 Å². The van der Waals surface area contributed by atoms with Crippen molar-refractivity contribution in [3.8, 4) is 0 Å². The first-order chi connectivity index (χ1) is 14.0. The van der Waals surface area contributed by atoms with E-state index in [0.29, 0.717) is 0 Å². The zero-order valence-corrected chi connectivity index (χ0v) is 18.7. The van der Waals surface area contributed by atoms with E-state index in [9.17, 15) is 87.6 Å². The van der Waals surface area contributed by atoms with E-state index in [2.05, 4.69) is 0 Å². The van der Waals surface area contributed by atoms with Crippen LogP contribution in [0.15, 0.2) is 0 Å². The quantitative estimate of drug-likeness (QED) is 0.164. The standard InChI is InChI=1S/C12H9F17O3S.Na/c13-5(14,3-1-2-4-6(15,16)17)7(18,19)8(20,21)9(22,23)10(24,25)11(26,27)12(28,29)33(30,31)32;/h1-4H2,(H,30,31,32);/q;+1/p-1. The van der Waals surface area contributed by atoms with Crippen molar-refractivity contribution in [3.05, 3.63) is 0 Å². The number of unbranched alkanes of at least 4 members (excludes halogenated alkanes) is 1. The minimum Gasteiger partial charge on any atom is -0.743 e. The molecule has 0 amide bonds. The van der Waals surface area contributed by atoms with Gasteiger partial charge in [-0.1, -0.05) is 0 Å². The summed E-state index contributed by atoms with van der Waals surface area (Å²) >= 11 is 0. The molecule has 0 saturated heterocycles. The molecule has 0 rings (SSSR count). The van der Waals surface area contributed by atoms with E-state index < -0.39 is 82.8 Å². The van der Waals surface area contributed by atoms with Gasteiger partial charge in [-0.05, 0) is 12.8 Å². The molecular formula is C12H8F17NaO3S. The molecule has 0 aromatic heterocycles. The fraction of sp³-hybridized carbons (Fsp3) is 1.00. The first-order valence-corrected chi connectivity index (χ1v) is 9.03. The van der Waals surface area contributed by atoms with Crippen LogP contribution in [0.4, 0.5) is 74.6 Å². The molecule has 0 saturated carbocycles. The van der Waals surface area contributed by atoms with Crippen LogP contribution in [-0.4, -0.2) is 59.9 Å². The second-order valence-electron chi connectivity index (χ2n) is 6.37. The number of hydrogen-bond acceptors (Lipinski definition) is 3. The summed E-state index contributed by atoms with van der Waals surface area (Å²) in [6, 6.07) is 0. The third kappa shape index (κ3) is 5.82. The molecule has 0 aliphatic heterocycles. The molecule has 0 atom stereocenters. The minimum absolute atomic E-state index is 0. The van der Waals surface area contributed by atoms with Gasteiger partial charge in [0.1, 0.15) is 0 Å². The molecule has 200 valence electrons. The van der Waals surface area contributed by atoms with Crippen molar-refractivity contribution in [2.75, 3.05) is 0 Å². The smallest absolute Gasteiger partial charge is 0.743 e. The van der Waals surface area contributed by atoms with Crippen molar-refractivity contribution in [2.45, 2.75) is 72.6 Å². The van der Waals surface area contributed by atoms with Gasteiger partial charge in [0.15, 0.2) is 10.1 Å². The topological polar surface area (TPSA) is 57.2 Å². The number of rotatable bonds is 11. The zero-order valence-electron chi connectivity index (χ0n) is 15.9. The Hall–Kier alpha value is -0.280. The first kappa shape index (κ1) is 35.9. The molecule has 0 aliphatic carbocycles. The predicted molar refractivity (Wildman–Crippen MR) is 68.8 cm³/mol. The third-order valence-corrected chi connectivity index (χ3v) is 4.80. The Balaban J connectivity index is 0. The summed E-state index contributed by atoms with van der Waals surface area (Å²) in [5, 5.41) is -7.83. The normalized spacial score (nSPS) is 15.8. The molecule has 0 unspecified atom stereocenters. The van der Waals surface area contributed by atoms with E-state index in [0.717, 1.165) is 0 Å². The molecule has 0 radical (unpaired) electrons. The van der Waals surface area contributed by atoms with Crippen LogP contribution in [-0.2, 0) is 10.1 Å². The van der Waals surface area contributed by atoms with E-state index in [1.165, 1.54) is 0 Å². The Morgan fingerprint density at radius 3 is 1.12 bits per heavy atom. The molecule has 22 heteroatoms. The van der Waals surface area contributed by atoms with Gasteiger partial charge in [-0.2, -0.15) is 74.6 Å². The summed E-state index contributed by atoms with van der Waals surface area (Å²) in [5.74, 6) is -48.3. The fourth-order valence-electron chi connectivity index (χ4n) is 1.99. The summed E-state index contributed by atoms with van der Waals surface area (Å²) in [6.07, 6.45) is -13.2. The van der Waals surface area contributed by atoms with E-state index in [4.69, 9.17) is 0 Å². The molecule has 0 bridgehead atoms. The van der Waals surface area contributed by atoms with Crippen molar-refractivity contribution < 1.29 is 117 Å². The maximum atomic E-state index is 13.4. The second kappa shape index (κ2) is 9.88. The molecule has 0 aromatic carbocycles. The van der Waals surface area contributed by atoms with Gasteiger partial charge in [-0.25, -0.2) is 8.42 Å². The summed E-state index contributed by atoms with van der Waals surface area (Å²) in [4.78, 5) is 0. The van der Waals surface area contributed by atoms with Crippen LogP contribution in [0.3, 0.4) is 0 Å². The van der Waals surface area contributed by atoms with Crippen LogP contribution in [0.5, 0.6) is 0 Å². The molecule has 0 aromatic rings. The van der Waals surface area contributed by atoms with Gasteiger partial charge in [-0.15, -0.1) is 0 Å². The van der Waals surface area contributed by atoms with Gasteiger partial charge < -0.3 is 4.55 Å². The van der Waals surface area contributed by atoms with E-state index in [-0.39, 0.29) is 29.6 Å². The van der Waals surface area contributed by atoms with Gasteiger partial charge >= 0.3 is 76.5 Å². The third-order valence-electron chi connectivity index (χ3n) is 3.92. The molecule has 0 fully saturated rings. The maximum Gasteiger partial charge on any atom is 1.00 e. The summed E-state index contributed by atoms with van der Waals surface area (Å²) < 4.78 is 251. The summed E-state index contributed by atoms with van der Waals surface area (Å²) in [6.45, 7) is 0. The minimum atomic E-state index is -8.59. The van der Waals surface area contributed by atoms with Crippen LogP contribution < -0.4 is 29.6 Å². The number of hydrogen-bond donors (Lipinski definition) is 0. The van der Waals surface area contributed by atoms with Crippen molar-refractivity contribution in [3.63, 3.8) is 0 Å². The van der Waals surface area contributed by atoms with Crippen LogP contribution >= 0.6 is 0 Å². The molecular weight excluding hydrogens is 570 g/mol. The van der Waals surface area contributed by atoms with Gasteiger partial charge in [0.05, 0.1) is 0 Å². The average molecular weight is 578 g/mol. The van der Waals surface area contributed by atoms with Gasteiger partial charge in [0.25, 0.3) is 0 Å². The van der Waals surface area contributed by atoms with Crippen LogP contribution in [0, 0.1) is 0 Å². The van der Waals surface area contributed by atoms with Gasteiger partial charge in [0.2, 0.25) is 0 Å². The Bertz CT molecular complexity index is 805. The van der Waals surface area contributed by atoms with Gasteiger partial charge in [-0.3, -0.25) is 0 Å². The Morgan fingerprint density at radius 2 is 0.794 bits per heavy atom. The first-order valence-electron chi connectivity index (χ1n) is 7.62. The van der Waals surface area contributed by atoms with Crippen molar-refractivity contribution >= 4 is 10.1 Å². The fourth-order valence-corrected chi connectivity index (χ4v) is 2.43. The molecule has 0 N–H and O–H groups in total. The number of alkyl halides is 17. The molecule has 3 nitrogen and oxygen atoms in total. The molecule has 0 aliphatic rings. The van der Waals surface area contributed by atoms with E-state index in [1.54, 1.807) is 0 Å². The van der Waals surface area contributed by atoms with E-state index >= 15 is 0 Å². The van der Waals surface area contributed by atoms with Gasteiger partial charge in [0, 0.05) is 12.8 Å². The SMILES string of the molecule is O=S(=O)([O-])C(F)(F)C(F)(F)C(F)(F)C(F)(F)C(F)(F)C(F)(F)C(F)(F)CCCCC(F)(F)F.[Na+]. The van der Waals surface area contributed by atoms with Crippen molar-refractivity contribution in [2.24, 2.45) is 0 Å². The average Bonchev–Trinajstić information content (AvgIpc) is 2.55. The monoisotopic (exact) mass is 578 g/mol. The zero-order chi connectivity index (χ0) is 27.3. The van der Waals surface area contributed by atoms with Crippen LogP contribution in [0.25, 0.3) is 0 Å². The number of halogens is 17. The molecule has 34 heavy (non-hydrogen) atoms. The Labute approximate surface area is 200 Å². The maximum absolute atomic E-state index is 13.4. The summed E-state index contributed by atoms with van der Waals surface area (Å²) in [5.41, 5.74) is 0.